The Morgan fingerprint density at radius 1 is 1.38 bits per heavy atom. The van der Waals surface area contributed by atoms with E-state index >= 15 is 0 Å². The molecule has 0 unspecified atom stereocenters. The van der Waals surface area contributed by atoms with Gasteiger partial charge in [-0.25, -0.2) is 8.42 Å². The lowest BCUT2D eigenvalue weighted by molar-refractivity contribution is 0.364. The first-order chi connectivity index (χ1) is 9.91. The van der Waals surface area contributed by atoms with Gasteiger partial charge in [-0.05, 0) is 25.0 Å². The number of nitrogens with zero attached hydrogens (tertiary/aromatic N) is 1. The fourth-order valence-corrected chi connectivity index (χ4v) is 4.76. The third-order valence-corrected chi connectivity index (χ3v) is 6.15. The molecule has 1 aromatic carbocycles. The van der Waals surface area contributed by atoms with Gasteiger partial charge in [-0.3, -0.25) is 0 Å². The van der Waals surface area contributed by atoms with Gasteiger partial charge >= 0.3 is 0 Å². The molecule has 1 saturated carbocycles. The van der Waals surface area contributed by atoms with E-state index in [9.17, 15) is 8.42 Å². The minimum Gasteiger partial charge on any atom is -0.495 e. The van der Waals surface area contributed by atoms with Crippen molar-refractivity contribution in [2.24, 2.45) is 5.73 Å². The average molecular weight is 333 g/mol. The predicted octanol–water partition coefficient (Wildman–Crippen LogP) is 2.37. The molecule has 1 aromatic rings. The van der Waals surface area contributed by atoms with Crippen molar-refractivity contribution >= 4 is 21.6 Å². The Morgan fingerprint density at radius 3 is 2.52 bits per heavy atom. The van der Waals surface area contributed by atoms with Crippen LogP contribution in [0.2, 0.25) is 5.02 Å². The molecule has 1 aliphatic carbocycles. The first-order valence-corrected chi connectivity index (χ1v) is 8.78. The molecular formula is C14H21ClN2O3S. The Morgan fingerprint density at radius 2 is 2.00 bits per heavy atom. The highest BCUT2D eigenvalue weighted by atomic mass is 35.5. The third-order valence-electron chi connectivity index (χ3n) is 4.02. The highest BCUT2D eigenvalue weighted by Gasteiger charge is 2.33. The minimum atomic E-state index is -3.65. The Balaban J connectivity index is 2.50. The van der Waals surface area contributed by atoms with Gasteiger partial charge in [0.15, 0.2) is 0 Å². The lowest BCUT2D eigenvalue weighted by Gasteiger charge is -2.25. The Bertz CT molecular complexity index is 613. The molecule has 2 rings (SSSR count). The van der Waals surface area contributed by atoms with Crippen molar-refractivity contribution in [1.82, 2.24) is 4.31 Å². The highest BCUT2D eigenvalue weighted by Crippen LogP contribution is 2.35. The van der Waals surface area contributed by atoms with E-state index in [1.807, 2.05) is 0 Å². The summed E-state index contributed by atoms with van der Waals surface area (Å²) in [5, 5.41) is 0.342. The summed E-state index contributed by atoms with van der Waals surface area (Å²) in [6.07, 6.45) is 3.90. The lowest BCUT2D eigenvalue weighted by Crippen LogP contribution is -2.35. The van der Waals surface area contributed by atoms with Crippen LogP contribution in [0.1, 0.15) is 31.2 Å². The topological polar surface area (TPSA) is 72.6 Å². The van der Waals surface area contributed by atoms with Crippen LogP contribution in [0, 0.1) is 0 Å². The largest absolute Gasteiger partial charge is 0.495 e. The summed E-state index contributed by atoms with van der Waals surface area (Å²) in [6.45, 7) is 0.166. The van der Waals surface area contributed by atoms with Crippen LogP contribution >= 0.6 is 11.6 Å². The van der Waals surface area contributed by atoms with E-state index in [-0.39, 0.29) is 23.2 Å². The van der Waals surface area contributed by atoms with E-state index < -0.39 is 10.0 Å². The number of nitrogens with two attached hydrogens (primary N) is 1. The zero-order chi connectivity index (χ0) is 15.6. The molecule has 0 heterocycles. The quantitative estimate of drug-likeness (QED) is 0.898. The van der Waals surface area contributed by atoms with Gasteiger partial charge in [-0.15, -0.1) is 0 Å². The molecule has 5 nitrogen and oxygen atoms in total. The van der Waals surface area contributed by atoms with Crippen LogP contribution in [0.15, 0.2) is 17.0 Å². The summed E-state index contributed by atoms with van der Waals surface area (Å²) in [6, 6.07) is 3.11. The van der Waals surface area contributed by atoms with E-state index in [1.165, 1.54) is 17.5 Å². The summed E-state index contributed by atoms with van der Waals surface area (Å²) >= 11 is 6.03. The zero-order valence-corrected chi connectivity index (χ0v) is 13.9. The van der Waals surface area contributed by atoms with Crippen LogP contribution in [0.25, 0.3) is 0 Å². The van der Waals surface area contributed by atoms with Crippen LogP contribution < -0.4 is 10.5 Å². The minimum absolute atomic E-state index is 0.0417. The maximum atomic E-state index is 12.9. The molecule has 0 aliphatic heterocycles. The molecular weight excluding hydrogens is 312 g/mol. The summed E-state index contributed by atoms with van der Waals surface area (Å²) in [5.41, 5.74) is 6.24. The van der Waals surface area contributed by atoms with Crippen LogP contribution in [0.3, 0.4) is 0 Å². The zero-order valence-electron chi connectivity index (χ0n) is 12.3. The van der Waals surface area contributed by atoms with Crippen molar-refractivity contribution in [2.45, 2.75) is 43.2 Å². The number of halogens is 1. The molecule has 1 aliphatic rings. The molecule has 0 bridgehead atoms. The molecule has 0 saturated heterocycles. The van der Waals surface area contributed by atoms with E-state index in [4.69, 9.17) is 22.1 Å². The van der Waals surface area contributed by atoms with E-state index in [0.29, 0.717) is 10.6 Å². The number of hydrogen-bond acceptors (Lipinski definition) is 4. The van der Waals surface area contributed by atoms with Gasteiger partial charge in [0.25, 0.3) is 0 Å². The van der Waals surface area contributed by atoms with Crippen LogP contribution in [0.5, 0.6) is 5.75 Å². The maximum Gasteiger partial charge on any atom is 0.246 e. The number of hydrogen-bond donors (Lipinski definition) is 1. The molecule has 2 N–H and O–H groups in total. The van der Waals surface area contributed by atoms with Gasteiger partial charge in [-0.1, -0.05) is 24.4 Å². The highest BCUT2D eigenvalue weighted by molar-refractivity contribution is 7.89. The second kappa shape index (κ2) is 6.52. The molecule has 7 heteroatoms. The van der Waals surface area contributed by atoms with Crippen molar-refractivity contribution in [3.8, 4) is 5.75 Å². The Labute approximate surface area is 131 Å². The first kappa shape index (κ1) is 16.5. The van der Waals surface area contributed by atoms with E-state index in [2.05, 4.69) is 0 Å². The first-order valence-electron chi connectivity index (χ1n) is 6.96. The second-order valence-electron chi connectivity index (χ2n) is 5.26. The summed E-state index contributed by atoms with van der Waals surface area (Å²) < 4.78 is 32.4. The van der Waals surface area contributed by atoms with Crippen molar-refractivity contribution in [3.05, 3.63) is 22.7 Å². The molecule has 1 fully saturated rings. The number of ether oxygens (including phenoxy) is 1. The average Bonchev–Trinajstić information content (AvgIpc) is 2.99. The van der Waals surface area contributed by atoms with Gasteiger partial charge in [0.05, 0.1) is 7.11 Å². The van der Waals surface area contributed by atoms with Gasteiger partial charge in [-0.2, -0.15) is 4.31 Å². The SMILES string of the molecule is COc1c(CN)cc(Cl)cc1S(=O)(=O)N(C)C1CCCC1. The molecule has 0 atom stereocenters. The van der Waals surface area contributed by atoms with E-state index in [1.54, 1.807) is 13.1 Å². The molecule has 0 aromatic heterocycles. The molecule has 118 valence electrons. The Hall–Kier alpha value is -0.820. The summed E-state index contributed by atoms with van der Waals surface area (Å²) in [7, 11) is -0.592. The standard InChI is InChI=1S/C14H21ClN2O3S/c1-17(12-5-3-4-6-12)21(18,19)13-8-11(15)7-10(9-16)14(13)20-2/h7-8,12H,3-6,9,16H2,1-2H3. The normalized spacial score (nSPS) is 16.6. The van der Waals surface area contributed by atoms with Gasteiger partial charge in [0, 0.05) is 30.2 Å². The predicted molar refractivity (Wildman–Crippen MR) is 83.1 cm³/mol. The van der Waals surface area contributed by atoms with Gasteiger partial charge in [0.2, 0.25) is 10.0 Å². The molecule has 21 heavy (non-hydrogen) atoms. The summed E-state index contributed by atoms with van der Waals surface area (Å²) in [5.74, 6) is 0.284. The fourth-order valence-electron chi connectivity index (χ4n) is 2.82. The number of sulfonamides is 1. The monoisotopic (exact) mass is 332 g/mol. The molecule has 0 spiro atoms. The summed E-state index contributed by atoms with van der Waals surface area (Å²) in [4.78, 5) is 0.0901. The number of methoxy groups -OCH3 is 1. The van der Waals surface area contributed by atoms with Gasteiger partial charge in [0.1, 0.15) is 10.6 Å². The third kappa shape index (κ3) is 3.18. The van der Waals surface area contributed by atoms with Crippen molar-refractivity contribution in [1.29, 1.82) is 0 Å². The second-order valence-corrected chi connectivity index (χ2v) is 7.66. The van der Waals surface area contributed by atoms with Crippen molar-refractivity contribution < 1.29 is 13.2 Å². The van der Waals surface area contributed by atoms with Crippen LogP contribution in [0.4, 0.5) is 0 Å². The number of benzene rings is 1. The van der Waals surface area contributed by atoms with Crippen molar-refractivity contribution in [3.63, 3.8) is 0 Å². The van der Waals surface area contributed by atoms with Crippen molar-refractivity contribution in [2.75, 3.05) is 14.2 Å². The fraction of sp³-hybridized carbons (Fsp3) is 0.571. The van der Waals surface area contributed by atoms with Gasteiger partial charge < -0.3 is 10.5 Å². The van der Waals surface area contributed by atoms with Crippen LogP contribution in [-0.4, -0.2) is 32.9 Å². The Kier molecular flexibility index (Phi) is 5.14. The number of rotatable bonds is 5. The van der Waals surface area contributed by atoms with E-state index in [0.717, 1.165) is 25.7 Å². The van der Waals surface area contributed by atoms with Crippen LogP contribution in [-0.2, 0) is 16.6 Å². The molecule has 0 amide bonds. The molecule has 0 radical (unpaired) electrons. The maximum absolute atomic E-state index is 12.9. The lowest BCUT2D eigenvalue weighted by atomic mass is 10.2. The smallest absolute Gasteiger partial charge is 0.246 e.